The van der Waals surface area contributed by atoms with Crippen molar-refractivity contribution >= 4 is 15.9 Å². The molecule has 1 fully saturated rings. The number of rotatable bonds is 4. The first-order valence-corrected chi connectivity index (χ1v) is 7.51. The fraction of sp³-hybridized carbons (Fsp3) is 0.600. The van der Waals surface area contributed by atoms with Crippen molar-refractivity contribution in [2.24, 2.45) is 5.92 Å². The number of hydrogen-bond donors (Lipinski definition) is 0. The molecule has 1 aromatic rings. The average Bonchev–Trinajstić information content (AvgIpc) is 2.41. The van der Waals surface area contributed by atoms with E-state index in [-0.39, 0.29) is 0 Å². The third-order valence-corrected chi connectivity index (χ3v) is 4.52. The Bertz CT molecular complexity index is 425. The molecule has 0 aromatic heterocycles. The van der Waals surface area contributed by atoms with Gasteiger partial charge < -0.3 is 9.47 Å². The third-order valence-electron chi connectivity index (χ3n) is 3.90. The van der Waals surface area contributed by atoms with Gasteiger partial charge in [0.1, 0.15) is 5.75 Å². The number of ether oxygens (including phenoxy) is 2. The second-order valence-electron chi connectivity index (χ2n) is 5.24. The lowest BCUT2D eigenvalue weighted by Gasteiger charge is -2.36. The molecule has 106 valence electrons. The third kappa shape index (κ3) is 3.71. The zero-order valence-corrected chi connectivity index (χ0v) is 13.4. The highest BCUT2D eigenvalue weighted by molar-refractivity contribution is 9.10. The van der Waals surface area contributed by atoms with Crippen LogP contribution >= 0.6 is 15.9 Å². The Morgan fingerprint density at radius 3 is 2.79 bits per heavy atom. The van der Waals surface area contributed by atoms with Gasteiger partial charge in [0.2, 0.25) is 0 Å². The van der Waals surface area contributed by atoms with Crippen LogP contribution in [0.4, 0.5) is 0 Å². The molecular weight excluding hydrogens is 306 g/mol. The molecule has 1 aromatic carbocycles. The van der Waals surface area contributed by atoms with E-state index in [1.54, 1.807) is 7.11 Å². The Morgan fingerprint density at radius 1 is 1.37 bits per heavy atom. The van der Waals surface area contributed by atoms with E-state index in [9.17, 15) is 0 Å². The topological polar surface area (TPSA) is 21.7 Å². The van der Waals surface area contributed by atoms with Crippen LogP contribution in [0.5, 0.6) is 5.75 Å². The van der Waals surface area contributed by atoms with Crippen LogP contribution in [0.15, 0.2) is 22.7 Å². The van der Waals surface area contributed by atoms with Crippen molar-refractivity contribution in [1.29, 1.82) is 0 Å². The summed E-state index contributed by atoms with van der Waals surface area (Å²) in [5.74, 6) is 1.54. The molecule has 0 saturated carbocycles. The van der Waals surface area contributed by atoms with Gasteiger partial charge >= 0.3 is 0 Å². The fourth-order valence-electron chi connectivity index (χ4n) is 2.61. The Labute approximate surface area is 124 Å². The lowest BCUT2D eigenvalue weighted by atomic mass is 9.95. The van der Waals surface area contributed by atoms with Gasteiger partial charge in [-0.2, -0.15) is 0 Å². The number of piperidine rings is 1. The van der Waals surface area contributed by atoms with Crippen molar-refractivity contribution in [2.75, 3.05) is 27.3 Å². The molecule has 0 radical (unpaired) electrons. The van der Waals surface area contributed by atoms with Crippen LogP contribution < -0.4 is 4.74 Å². The van der Waals surface area contributed by atoms with Crippen LogP contribution in [-0.2, 0) is 11.3 Å². The summed E-state index contributed by atoms with van der Waals surface area (Å²) in [5.41, 5.74) is 1.30. The van der Waals surface area contributed by atoms with Crippen LogP contribution in [0.2, 0.25) is 0 Å². The van der Waals surface area contributed by atoms with Crippen molar-refractivity contribution in [3.63, 3.8) is 0 Å². The second kappa shape index (κ2) is 6.73. The van der Waals surface area contributed by atoms with E-state index >= 15 is 0 Å². The molecule has 2 unspecified atom stereocenters. The number of halogens is 1. The van der Waals surface area contributed by atoms with Gasteiger partial charge in [-0.3, -0.25) is 4.90 Å². The van der Waals surface area contributed by atoms with Crippen LogP contribution in [0.1, 0.15) is 18.9 Å². The lowest BCUT2D eigenvalue weighted by Crippen LogP contribution is -2.43. The summed E-state index contributed by atoms with van der Waals surface area (Å²) in [4.78, 5) is 2.46. The van der Waals surface area contributed by atoms with Crippen molar-refractivity contribution in [2.45, 2.75) is 26.0 Å². The van der Waals surface area contributed by atoms with E-state index in [1.807, 2.05) is 13.2 Å². The fourth-order valence-corrected chi connectivity index (χ4v) is 3.20. The summed E-state index contributed by atoms with van der Waals surface area (Å²) in [6.45, 7) is 5.40. The predicted octanol–water partition coefficient (Wildman–Crippen LogP) is 3.31. The molecule has 0 spiro atoms. The van der Waals surface area contributed by atoms with Crippen LogP contribution in [0, 0.1) is 5.92 Å². The van der Waals surface area contributed by atoms with Crippen molar-refractivity contribution in [3.05, 3.63) is 28.2 Å². The number of benzene rings is 1. The monoisotopic (exact) mass is 327 g/mol. The highest BCUT2D eigenvalue weighted by Crippen LogP contribution is 2.27. The average molecular weight is 328 g/mol. The SMILES string of the molecule is COc1ccc(CN2CCC(C)C(OC)C2)cc1Br. The molecule has 2 atom stereocenters. The molecule has 0 bridgehead atoms. The number of nitrogens with zero attached hydrogens (tertiary/aromatic N) is 1. The molecule has 3 nitrogen and oxygen atoms in total. The van der Waals surface area contributed by atoms with Crippen molar-refractivity contribution in [1.82, 2.24) is 4.90 Å². The Morgan fingerprint density at radius 2 is 2.16 bits per heavy atom. The minimum Gasteiger partial charge on any atom is -0.496 e. The first-order valence-electron chi connectivity index (χ1n) is 6.71. The first-order chi connectivity index (χ1) is 9.13. The molecule has 19 heavy (non-hydrogen) atoms. The van der Waals surface area contributed by atoms with Gasteiger partial charge in [0.25, 0.3) is 0 Å². The van der Waals surface area contributed by atoms with E-state index < -0.39 is 0 Å². The molecule has 1 heterocycles. The van der Waals surface area contributed by atoms with Crippen LogP contribution in [0.3, 0.4) is 0 Å². The van der Waals surface area contributed by atoms with Gasteiger partial charge in [-0.15, -0.1) is 0 Å². The maximum absolute atomic E-state index is 5.56. The molecule has 4 heteroatoms. The summed E-state index contributed by atoms with van der Waals surface area (Å²) < 4.78 is 11.8. The van der Waals surface area contributed by atoms with E-state index in [4.69, 9.17) is 9.47 Å². The summed E-state index contributed by atoms with van der Waals surface area (Å²) in [5, 5.41) is 0. The van der Waals surface area contributed by atoms with Gasteiger partial charge in [0.15, 0.2) is 0 Å². The quantitative estimate of drug-likeness (QED) is 0.846. The van der Waals surface area contributed by atoms with Crippen molar-refractivity contribution < 1.29 is 9.47 Å². The summed E-state index contributed by atoms with van der Waals surface area (Å²) in [7, 11) is 3.50. The minimum atomic E-state index is 0.357. The van der Waals surface area contributed by atoms with Crippen LogP contribution in [-0.4, -0.2) is 38.3 Å². The Hall–Kier alpha value is -0.580. The number of likely N-dealkylation sites (tertiary alicyclic amines) is 1. The molecule has 0 N–H and O–H groups in total. The standard InChI is InChI=1S/C15H22BrNO2/c1-11-6-7-17(10-15(11)19-3)9-12-4-5-14(18-2)13(16)8-12/h4-5,8,11,15H,6-7,9-10H2,1-3H3. The highest BCUT2D eigenvalue weighted by Gasteiger charge is 2.25. The second-order valence-corrected chi connectivity index (χ2v) is 6.10. The largest absolute Gasteiger partial charge is 0.496 e. The van der Waals surface area contributed by atoms with Crippen molar-refractivity contribution in [3.8, 4) is 5.75 Å². The zero-order valence-electron chi connectivity index (χ0n) is 11.9. The van der Waals surface area contributed by atoms with E-state index in [0.29, 0.717) is 12.0 Å². The van der Waals surface area contributed by atoms with Gasteiger partial charge in [0, 0.05) is 20.2 Å². The molecule has 2 rings (SSSR count). The van der Waals surface area contributed by atoms with Crippen LogP contribution in [0.25, 0.3) is 0 Å². The predicted molar refractivity (Wildman–Crippen MR) is 80.5 cm³/mol. The maximum atomic E-state index is 5.56. The molecule has 0 aliphatic carbocycles. The summed E-state index contributed by atoms with van der Waals surface area (Å²) in [6.07, 6.45) is 1.56. The molecule has 0 amide bonds. The summed E-state index contributed by atoms with van der Waals surface area (Å²) in [6, 6.07) is 6.28. The highest BCUT2D eigenvalue weighted by atomic mass is 79.9. The minimum absolute atomic E-state index is 0.357. The number of methoxy groups -OCH3 is 2. The van der Waals surface area contributed by atoms with Gasteiger partial charge in [-0.05, 0) is 52.5 Å². The Kier molecular flexibility index (Phi) is 5.25. The Balaban J connectivity index is 1.99. The van der Waals surface area contributed by atoms with E-state index in [2.05, 4.69) is 39.9 Å². The zero-order chi connectivity index (χ0) is 13.8. The molecular formula is C15H22BrNO2. The van der Waals surface area contributed by atoms with Gasteiger partial charge in [-0.1, -0.05) is 13.0 Å². The summed E-state index contributed by atoms with van der Waals surface area (Å²) >= 11 is 3.54. The number of hydrogen-bond acceptors (Lipinski definition) is 3. The van der Waals surface area contributed by atoms with E-state index in [0.717, 1.165) is 29.9 Å². The van der Waals surface area contributed by atoms with Gasteiger partial charge in [0.05, 0.1) is 17.7 Å². The molecule has 1 saturated heterocycles. The smallest absolute Gasteiger partial charge is 0.133 e. The molecule has 1 aliphatic rings. The van der Waals surface area contributed by atoms with Gasteiger partial charge in [-0.25, -0.2) is 0 Å². The van der Waals surface area contributed by atoms with E-state index in [1.165, 1.54) is 12.0 Å². The normalized spacial score (nSPS) is 24.4. The lowest BCUT2D eigenvalue weighted by molar-refractivity contribution is -0.00745. The molecule has 1 aliphatic heterocycles. The first kappa shape index (κ1) is 14.8. The maximum Gasteiger partial charge on any atom is 0.133 e.